The molecule has 2 aliphatic heterocycles. The fourth-order valence-corrected chi connectivity index (χ4v) is 5.60. The van der Waals surface area contributed by atoms with Crippen LogP contribution in [0.5, 0.6) is 11.5 Å². The van der Waals surface area contributed by atoms with E-state index in [4.69, 9.17) is 18.9 Å². The van der Waals surface area contributed by atoms with E-state index >= 15 is 0 Å². The summed E-state index contributed by atoms with van der Waals surface area (Å²) < 4.78 is 22.3. The normalized spacial score (nSPS) is 21.4. The van der Waals surface area contributed by atoms with E-state index in [2.05, 4.69) is 34.1 Å². The van der Waals surface area contributed by atoms with E-state index < -0.39 is 0 Å². The molecule has 208 valence electrons. The van der Waals surface area contributed by atoms with E-state index in [9.17, 15) is 4.79 Å². The average molecular weight is 533 g/mol. The van der Waals surface area contributed by atoms with Crippen molar-refractivity contribution in [2.75, 3.05) is 66.8 Å². The highest BCUT2D eigenvalue weighted by Crippen LogP contribution is 2.31. The second-order valence-electron chi connectivity index (χ2n) is 10.4. The zero-order valence-electron chi connectivity index (χ0n) is 23.2. The Morgan fingerprint density at radius 1 is 0.718 bits per heavy atom. The summed E-state index contributed by atoms with van der Waals surface area (Å²) in [5.74, 6) is 1.91. The van der Waals surface area contributed by atoms with E-state index in [-0.39, 0.29) is 5.78 Å². The molecule has 39 heavy (non-hydrogen) atoms. The van der Waals surface area contributed by atoms with Gasteiger partial charge in [0, 0.05) is 61.5 Å². The number of methoxy groups -OCH3 is 2. The summed E-state index contributed by atoms with van der Waals surface area (Å²) in [6.45, 7) is 8.34. The number of morpholine rings is 2. The van der Waals surface area contributed by atoms with Crippen LogP contribution in [0.2, 0.25) is 0 Å². The first-order valence-corrected chi connectivity index (χ1v) is 14.0. The Bertz CT molecular complexity index is 1120. The van der Waals surface area contributed by atoms with Crippen LogP contribution in [0.4, 0.5) is 0 Å². The third kappa shape index (κ3) is 7.17. The van der Waals surface area contributed by atoms with Gasteiger partial charge in [0.25, 0.3) is 0 Å². The van der Waals surface area contributed by atoms with E-state index in [1.165, 1.54) is 0 Å². The van der Waals surface area contributed by atoms with Crippen molar-refractivity contribution in [1.82, 2.24) is 9.80 Å². The summed E-state index contributed by atoms with van der Waals surface area (Å²) in [5, 5.41) is 0. The van der Waals surface area contributed by atoms with Gasteiger partial charge in [-0.3, -0.25) is 14.6 Å². The Morgan fingerprint density at radius 2 is 1.15 bits per heavy atom. The molecule has 0 N–H and O–H groups in total. The van der Waals surface area contributed by atoms with Crippen molar-refractivity contribution >= 4 is 17.9 Å². The molecule has 0 atom stereocenters. The maximum atomic E-state index is 13.6. The number of ether oxygens (including phenoxy) is 4. The summed E-state index contributed by atoms with van der Waals surface area (Å²) in [6, 6.07) is 12.4. The smallest absolute Gasteiger partial charge is 0.185 e. The van der Waals surface area contributed by atoms with E-state index in [1.807, 2.05) is 24.3 Å². The number of ketones is 1. The van der Waals surface area contributed by atoms with E-state index in [0.29, 0.717) is 0 Å². The van der Waals surface area contributed by atoms with Crippen molar-refractivity contribution in [1.29, 1.82) is 0 Å². The Hall–Kier alpha value is -2.97. The van der Waals surface area contributed by atoms with Gasteiger partial charge in [-0.1, -0.05) is 12.1 Å². The Morgan fingerprint density at radius 3 is 1.56 bits per heavy atom. The van der Waals surface area contributed by atoms with Crippen molar-refractivity contribution in [2.24, 2.45) is 0 Å². The lowest BCUT2D eigenvalue weighted by Gasteiger charge is -2.27. The molecule has 2 saturated heterocycles. The summed E-state index contributed by atoms with van der Waals surface area (Å²) in [6.07, 6.45) is 6.69. The minimum absolute atomic E-state index is 0.150. The topological polar surface area (TPSA) is 60.5 Å². The van der Waals surface area contributed by atoms with E-state index in [0.717, 1.165) is 130 Å². The van der Waals surface area contributed by atoms with Gasteiger partial charge < -0.3 is 18.9 Å². The number of hydrogen-bond acceptors (Lipinski definition) is 7. The highest BCUT2D eigenvalue weighted by molar-refractivity contribution is 6.14. The molecular weight excluding hydrogens is 492 g/mol. The lowest BCUT2D eigenvalue weighted by Crippen LogP contribution is -2.35. The highest BCUT2D eigenvalue weighted by Gasteiger charge is 2.22. The van der Waals surface area contributed by atoms with Gasteiger partial charge in [0.15, 0.2) is 5.78 Å². The number of carbonyl (C=O) groups excluding carboxylic acids is 1. The fourth-order valence-electron chi connectivity index (χ4n) is 5.60. The lowest BCUT2D eigenvalue weighted by atomic mass is 9.86. The molecule has 0 unspecified atom stereocenters. The van der Waals surface area contributed by atoms with Gasteiger partial charge in [0.05, 0.1) is 40.6 Å². The van der Waals surface area contributed by atoms with Crippen molar-refractivity contribution in [3.8, 4) is 11.5 Å². The Labute approximate surface area is 232 Å². The lowest BCUT2D eigenvalue weighted by molar-refractivity contribution is -0.112. The first kappa shape index (κ1) is 27.6. The highest BCUT2D eigenvalue weighted by atomic mass is 16.5. The summed E-state index contributed by atoms with van der Waals surface area (Å²) in [5.41, 5.74) is 6.11. The number of Topliss-reactive ketones (excluding diaryl/α,β-unsaturated/α-hetero) is 1. The number of hydrogen-bond donors (Lipinski definition) is 0. The van der Waals surface area contributed by atoms with Gasteiger partial charge in [-0.25, -0.2) is 0 Å². The van der Waals surface area contributed by atoms with Gasteiger partial charge in [-0.05, 0) is 66.8 Å². The number of allylic oxidation sites excluding steroid dienone is 2. The molecule has 0 aromatic heterocycles. The van der Waals surface area contributed by atoms with Crippen molar-refractivity contribution in [3.63, 3.8) is 0 Å². The van der Waals surface area contributed by atoms with Crippen LogP contribution in [0, 0.1) is 0 Å². The second-order valence-corrected chi connectivity index (χ2v) is 10.4. The molecule has 2 aromatic rings. The first-order valence-electron chi connectivity index (χ1n) is 14.0. The molecule has 0 radical (unpaired) electrons. The maximum Gasteiger partial charge on any atom is 0.185 e. The molecule has 7 heteroatoms. The van der Waals surface area contributed by atoms with Gasteiger partial charge >= 0.3 is 0 Å². The number of rotatable bonds is 8. The Kier molecular flexibility index (Phi) is 9.48. The van der Waals surface area contributed by atoms with Crippen molar-refractivity contribution in [3.05, 3.63) is 69.8 Å². The molecule has 1 aliphatic carbocycles. The third-order valence-electron chi connectivity index (χ3n) is 7.76. The molecule has 1 saturated carbocycles. The minimum Gasteiger partial charge on any atom is -0.496 e. The van der Waals surface area contributed by atoms with Crippen molar-refractivity contribution in [2.45, 2.75) is 32.4 Å². The summed E-state index contributed by atoms with van der Waals surface area (Å²) >= 11 is 0. The Balaban J connectivity index is 1.34. The first-order chi connectivity index (χ1) is 19.1. The van der Waals surface area contributed by atoms with Crippen LogP contribution in [0.15, 0.2) is 47.5 Å². The third-order valence-corrected chi connectivity index (χ3v) is 7.76. The van der Waals surface area contributed by atoms with Crippen LogP contribution < -0.4 is 9.47 Å². The zero-order chi connectivity index (χ0) is 27.0. The molecule has 0 spiro atoms. The molecule has 0 amide bonds. The molecule has 3 aliphatic rings. The molecule has 0 bridgehead atoms. The van der Waals surface area contributed by atoms with Crippen LogP contribution >= 0.6 is 0 Å². The maximum absolute atomic E-state index is 13.6. The molecule has 7 nitrogen and oxygen atoms in total. The van der Waals surface area contributed by atoms with Gasteiger partial charge in [0.1, 0.15) is 11.5 Å². The van der Waals surface area contributed by atoms with Crippen LogP contribution in [-0.2, 0) is 27.4 Å². The number of benzene rings is 2. The van der Waals surface area contributed by atoms with Crippen LogP contribution in [-0.4, -0.2) is 82.4 Å². The summed E-state index contributed by atoms with van der Waals surface area (Å²) in [7, 11) is 3.42. The molecule has 2 aromatic carbocycles. The van der Waals surface area contributed by atoms with Crippen LogP contribution in [0.1, 0.15) is 41.5 Å². The predicted octanol–water partition coefficient (Wildman–Crippen LogP) is 4.59. The average Bonchev–Trinajstić information content (AvgIpc) is 2.97. The van der Waals surface area contributed by atoms with Crippen LogP contribution in [0.25, 0.3) is 12.2 Å². The van der Waals surface area contributed by atoms with Gasteiger partial charge in [0.2, 0.25) is 0 Å². The van der Waals surface area contributed by atoms with Crippen LogP contribution in [0.3, 0.4) is 0 Å². The molecule has 2 heterocycles. The zero-order valence-corrected chi connectivity index (χ0v) is 23.2. The largest absolute Gasteiger partial charge is 0.496 e. The van der Waals surface area contributed by atoms with E-state index in [1.54, 1.807) is 14.2 Å². The molecule has 3 fully saturated rings. The monoisotopic (exact) mass is 532 g/mol. The number of nitrogens with zero attached hydrogens (tertiary/aromatic N) is 2. The SMILES string of the molecule is COc1ccc(/C=C2/CCC/C(=C\c3ccc(OC)c(CN4CCOCC4)c3)C2=O)cc1CN1CCOCC1. The van der Waals surface area contributed by atoms with Gasteiger partial charge in [-0.2, -0.15) is 0 Å². The standard InChI is InChI=1S/C32H40N2O5/c1-36-30-8-6-24(20-28(30)22-33-10-14-38-15-11-33)18-26-4-3-5-27(32(26)35)19-25-7-9-31(37-2)29(21-25)23-34-12-16-39-17-13-34/h6-9,18-21H,3-5,10-17,22-23H2,1-2H3/b26-18-,27-19+. The summed E-state index contributed by atoms with van der Waals surface area (Å²) in [4.78, 5) is 18.3. The van der Waals surface area contributed by atoms with Gasteiger partial charge in [-0.15, -0.1) is 0 Å². The quantitative estimate of drug-likeness (QED) is 0.461. The second kappa shape index (κ2) is 13.4. The fraction of sp³-hybridized carbons (Fsp3) is 0.469. The molecular formula is C32H40N2O5. The van der Waals surface area contributed by atoms with Crippen molar-refractivity contribution < 1.29 is 23.7 Å². The molecule has 5 rings (SSSR count). The predicted molar refractivity (Wildman–Crippen MR) is 153 cm³/mol. The minimum atomic E-state index is 0.150. The number of carbonyl (C=O) groups is 1.